The predicted octanol–water partition coefficient (Wildman–Crippen LogP) is 15.2. The average Bonchev–Trinajstić information content (AvgIpc) is 3.73. The molecule has 0 saturated carbocycles. The van der Waals surface area contributed by atoms with Crippen LogP contribution in [0.25, 0.3) is 122 Å². The third-order valence-corrected chi connectivity index (χ3v) is 11.9. The molecule has 4 nitrogen and oxygen atoms in total. The van der Waals surface area contributed by atoms with Crippen molar-refractivity contribution in [3.63, 3.8) is 0 Å². The van der Waals surface area contributed by atoms with Crippen LogP contribution < -0.4 is 0 Å². The maximum Gasteiger partial charge on any atom is 0.164 e. The van der Waals surface area contributed by atoms with E-state index in [1.54, 1.807) is 0 Å². The first-order valence-corrected chi connectivity index (χ1v) is 20.6. The summed E-state index contributed by atoms with van der Waals surface area (Å²) < 4.78 is 6.35. The number of benzene rings is 10. The number of hydrogen-bond acceptors (Lipinski definition) is 4. The van der Waals surface area contributed by atoms with Gasteiger partial charge >= 0.3 is 0 Å². The molecule has 0 bridgehead atoms. The summed E-state index contributed by atoms with van der Waals surface area (Å²) in [6, 6.07) is 74.7. The smallest absolute Gasteiger partial charge is 0.164 e. The van der Waals surface area contributed by atoms with Crippen LogP contribution in [-0.4, -0.2) is 15.0 Å². The zero-order valence-corrected chi connectivity index (χ0v) is 33.0. The highest BCUT2D eigenvalue weighted by Gasteiger charge is 2.16. The largest absolute Gasteiger partial charge is 0.455 e. The average molecular weight is 778 g/mol. The minimum absolute atomic E-state index is 0.617. The van der Waals surface area contributed by atoms with Gasteiger partial charge in [0.25, 0.3) is 0 Å². The van der Waals surface area contributed by atoms with Gasteiger partial charge in [0, 0.05) is 33.0 Å². The molecule has 2 heterocycles. The molecule has 0 amide bonds. The molecule has 10 aromatic carbocycles. The van der Waals surface area contributed by atoms with Crippen LogP contribution in [0, 0.1) is 0 Å². The van der Waals surface area contributed by atoms with E-state index in [0.29, 0.717) is 17.5 Å². The van der Waals surface area contributed by atoms with E-state index in [9.17, 15) is 0 Å². The van der Waals surface area contributed by atoms with E-state index in [1.165, 1.54) is 43.4 Å². The van der Waals surface area contributed by atoms with E-state index in [4.69, 9.17) is 19.4 Å². The Morgan fingerprint density at radius 2 is 0.787 bits per heavy atom. The van der Waals surface area contributed by atoms with E-state index in [1.807, 2.05) is 48.5 Å². The summed E-state index contributed by atoms with van der Waals surface area (Å²) in [6.07, 6.45) is 0. The molecule has 4 heteroatoms. The maximum atomic E-state index is 6.35. The Kier molecular flexibility index (Phi) is 8.13. The molecule has 0 saturated heterocycles. The van der Waals surface area contributed by atoms with Gasteiger partial charge in [0.05, 0.1) is 0 Å². The summed E-state index contributed by atoms with van der Waals surface area (Å²) in [4.78, 5) is 15.0. The normalized spacial score (nSPS) is 11.6. The van der Waals surface area contributed by atoms with Crippen molar-refractivity contribution in [2.24, 2.45) is 0 Å². The second-order valence-electron chi connectivity index (χ2n) is 15.5. The minimum Gasteiger partial charge on any atom is -0.455 e. The summed E-state index contributed by atoms with van der Waals surface area (Å²) in [5.41, 5.74) is 11.4. The van der Waals surface area contributed by atoms with Gasteiger partial charge in [-0.3, -0.25) is 0 Å². The maximum absolute atomic E-state index is 6.35. The van der Waals surface area contributed by atoms with Gasteiger partial charge in [-0.05, 0) is 72.3 Å². The molecular formula is C57H35N3O. The molecule has 12 rings (SSSR count). The third kappa shape index (κ3) is 6.04. The van der Waals surface area contributed by atoms with Crippen LogP contribution in [0.1, 0.15) is 0 Å². The number of hydrogen-bond donors (Lipinski definition) is 0. The van der Waals surface area contributed by atoms with E-state index in [-0.39, 0.29) is 0 Å². The quantitative estimate of drug-likeness (QED) is 0.125. The van der Waals surface area contributed by atoms with E-state index < -0.39 is 0 Å². The predicted molar refractivity (Wildman–Crippen MR) is 252 cm³/mol. The number of furan rings is 1. The number of nitrogens with zero attached hydrogens (tertiary/aromatic N) is 3. The highest BCUT2D eigenvalue weighted by molar-refractivity contribution is 6.20. The Morgan fingerprint density at radius 1 is 0.279 bits per heavy atom. The topological polar surface area (TPSA) is 51.8 Å². The molecule has 2 aromatic heterocycles. The minimum atomic E-state index is 0.617. The standard InChI is InChI=1S/C57H35N3O/c1-2-12-41(13-3-1)55-58-56(60-57(59-55)43-31-25-39(26-32-43)47-18-10-19-50-48-17-8-9-20-52(48)61-54(47)50)42-29-23-37(24-30-42)36-21-27-40(28-22-36)53-46-16-7-5-14-44(46)35-51-45-15-6-4-11-38(45)33-34-49(51)53/h1-35H. The first-order valence-electron chi connectivity index (χ1n) is 20.6. The van der Waals surface area contributed by atoms with Crippen LogP contribution in [0.5, 0.6) is 0 Å². The molecule has 0 radical (unpaired) electrons. The number of rotatable bonds is 6. The Morgan fingerprint density at radius 3 is 1.48 bits per heavy atom. The summed E-state index contributed by atoms with van der Waals surface area (Å²) in [6.45, 7) is 0. The van der Waals surface area contributed by atoms with Crippen LogP contribution in [-0.2, 0) is 0 Å². The number of aromatic nitrogens is 3. The molecular weight excluding hydrogens is 743 g/mol. The number of fused-ring (bicyclic) bond motifs is 7. The summed E-state index contributed by atoms with van der Waals surface area (Å²) in [5, 5.41) is 9.79. The van der Waals surface area contributed by atoms with Crippen LogP contribution in [0.4, 0.5) is 0 Å². The highest BCUT2D eigenvalue weighted by Crippen LogP contribution is 2.41. The zero-order chi connectivity index (χ0) is 40.3. The third-order valence-electron chi connectivity index (χ3n) is 11.9. The molecule has 284 valence electrons. The van der Waals surface area contributed by atoms with E-state index in [0.717, 1.165) is 60.9 Å². The van der Waals surface area contributed by atoms with Crippen LogP contribution >= 0.6 is 0 Å². The molecule has 61 heavy (non-hydrogen) atoms. The fourth-order valence-electron chi connectivity index (χ4n) is 8.90. The van der Waals surface area contributed by atoms with Crippen molar-refractivity contribution in [1.82, 2.24) is 15.0 Å². The first-order chi connectivity index (χ1) is 30.2. The Hall–Kier alpha value is -8.21. The zero-order valence-electron chi connectivity index (χ0n) is 33.0. The lowest BCUT2D eigenvalue weighted by Crippen LogP contribution is -2.00. The van der Waals surface area contributed by atoms with Gasteiger partial charge < -0.3 is 4.42 Å². The van der Waals surface area contributed by atoms with Gasteiger partial charge in [-0.1, -0.05) is 200 Å². The van der Waals surface area contributed by atoms with Crippen LogP contribution in [0.2, 0.25) is 0 Å². The molecule has 0 fully saturated rings. The fourth-order valence-corrected chi connectivity index (χ4v) is 8.90. The van der Waals surface area contributed by atoms with Crippen molar-refractivity contribution in [3.05, 3.63) is 212 Å². The van der Waals surface area contributed by atoms with E-state index >= 15 is 0 Å². The summed E-state index contributed by atoms with van der Waals surface area (Å²) in [5.74, 6) is 1.87. The number of para-hydroxylation sites is 2. The van der Waals surface area contributed by atoms with Crippen molar-refractivity contribution < 1.29 is 4.42 Å². The lowest BCUT2D eigenvalue weighted by Gasteiger charge is -2.14. The van der Waals surface area contributed by atoms with Gasteiger partial charge in [-0.2, -0.15) is 0 Å². The van der Waals surface area contributed by atoms with Crippen LogP contribution in [0.15, 0.2) is 217 Å². The van der Waals surface area contributed by atoms with Gasteiger partial charge in [-0.25, -0.2) is 15.0 Å². The van der Waals surface area contributed by atoms with Gasteiger partial charge in [0.15, 0.2) is 17.5 Å². The Balaban J connectivity index is 0.885. The lowest BCUT2D eigenvalue weighted by molar-refractivity contribution is 0.670. The van der Waals surface area contributed by atoms with Crippen molar-refractivity contribution in [3.8, 4) is 67.5 Å². The summed E-state index contributed by atoms with van der Waals surface area (Å²) in [7, 11) is 0. The molecule has 0 aliphatic heterocycles. The molecule has 0 unspecified atom stereocenters. The SMILES string of the molecule is c1ccc(-c2nc(-c3ccc(-c4ccc(-c5c6ccccc6cc6c5ccc5ccccc56)cc4)cc3)nc(-c3ccc(-c4cccc5c4oc4ccccc45)cc3)n2)cc1. The molecule has 12 aromatic rings. The first kappa shape index (κ1) is 34.8. The Bertz CT molecular complexity index is 3610. The molecule has 0 aliphatic carbocycles. The monoisotopic (exact) mass is 777 g/mol. The summed E-state index contributed by atoms with van der Waals surface area (Å²) >= 11 is 0. The Labute approximate surface area is 352 Å². The molecule has 0 atom stereocenters. The van der Waals surface area contributed by atoms with Gasteiger partial charge in [-0.15, -0.1) is 0 Å². The fraction of sp³-hybridized carbons (Fsp3) is 0. The highest BCUT2D eigenvalue weighted by atomic mass is 16.3. The van der Waals surface area contributed by atoms with Crippen molar-refractivity contribution in [2.75, 3.05) is 0 Å². The molecule has 0 aliphatic rings. The van der Waals surface area contributed by atoms with Gasteiger partial charge in [0.1, 0.15) is 11.2 Å². The second-order valence-corrected chi connectivity index (χ2v) is 15.5. The molecule has 0 N–H and O–H groups in total. The lowest BCUT2D eigenvalue weighted by atomic mass is 9.89. The van der Waals surface area contributed by atoms with Crippen molar-refractivity contribution in [1.29, 1.82) is 0 Å². The van der Waals surface area contributed by atoms with Crippen LogP contribution in [0.3, 0.4) is 0 Å². The van der Waals surface area contributed by atoms with E-state index in [2.05, 4.69) is 164 Å². The second kappa shape index (κ2) is 14.3. The molecule has 0 spiro atoms. The van der Waals surface area contributed by atoms with Crippen molar-refractivity contribution in [2.45, 2.75) is 0 Å². The van der Waals surface area contributed by atoms with Gasteiger partial charge in [0.2, 0.25) is 0 Å². The van der Waals surface area contributed by atoms with Crippen molar-refractivity contribution >= 4 is 54.3 Å².